The smallest absolute Gasteiger partial charge is 0.290 e. The monoisotopic (exact) mass is 456 g/mol. The third-order valence-electron chi connectivity index (χ3n) is 5.08. The van der Waals surface area contributed by atoms with Crippen molar-refractivity contribution in [1.82, 2.24) is 14.3 Å². The second-order valence-electron chi connectivity index (χ2n) is 6.97. The Kier molecular flexibility index (Phi) is 5.93. The molecule has 2 aliphatic heterocycles. The first-order chi connectivity index (χ1) is 15.5. The number of carbonyl (C=O) groups excluding carboxylic acids is 1. The third-order valence-corrected chi connectivity index (χ3v) is 6.80. The summed E-state index contributed by atoms with van der Waals surface area (Å²) in [7, 11) is -4.01. The Balaban J connectivity index is 0.000000775. The second-order valence-corrected chi connectivity index (χ2v) is 8.75. The summed E-state index contributed by atoms with van der Waals surface area (Å²) >= 11 is 0. The van der Waals surface area contributed by atoms with E-state index in [2.05, 4.69) is 21.7 Å². The fourth-order valence-electron chi connectivity index (χ4n) is 3.73. The number of hydrogen-bond acceptors (Lipinski definition) is 7. The van der Waals surface area contributed by atoms with Crippen LogP contribution >= 0.6 is 0 Å². The summed E-state index contributed by atoms with van der Waals surface area (Å²) in [6.45, 7) is 1.17. The Hall–Kier alpha value is -3.70. The van der Waals surface area contributed by atoms with Crippen molar-refractivity contribution in [2.45, 2.75) is 11.3 Å². The number of rotatable bonds is 3. The minimum Gasteiger partial charge on any atom is -0.483 e. The molecule has 32 heavy (non-hydrogen) atoms. The van der Waals surface area contributed by atoms with Crippen LogP contribution < -0.4 is 15.4 Å². The Morgan fingerprint density at radius 2 is 2.03 bits per heavy atom. The van der Waals surface area contributed by atoms with Crippen molar-refractivity contribution in [1.29, 1.82) is 0 Å². The molecule has 3 N–H and O–H groups in total. The molecule has 0 saturated carbocycles. The summed E-state index contributed by atoms with van der Waals surface area (Å²) < 4.78 is 33.9. The van der Waals surface area contributed by atoms with Gasteiger partial charge in [-0.1, -0.05) is 12.1 Å². The highest BCUT2D eigenvalue weighted by Crippen LogP contribution is 2.37. The normalized spacial score (nSPS) is 15.5. The Bertz CT molecular complexity index is 1330. The number of anilines is 1. The molecule has 0 unspecified atom stereocenters. The predicted molar refractivity (Wildman–Crippen MR) is 117 cm³/mol. The van der Waals surface area contributed by atoms with Gasteiger partial charge in [-0.2, -0.15) is 0 Å². The van der Waals surface area contributed by atoms with E-state index < -0.39 is 10.0 Å². The van der Waals surface area contributed by atoms with Gasteiger partial charge in [0.25, 0.3) is 22.4 Å². The molecule has 0 bridgehead atoms. The lowest BCUT2D eigenvalue weighted by molar-refractivity contribution is -0.123. The van der Waals surface area contributed by atoms with E-state index in [0.717, 1.165) is 30.6 Å². The predicted octanol–water partition coefficient (Wildman–Crippen LogP) is 1.68. The summed E-state index contributed by atoms with van der Waals surface area (Å²) in [5.41, 5.74) is 3.15. The minimum atomic E-state index is -4.01. The van der Waals surface area contributed by atoms with Crippen LogP contribution in [0.5, 0.6) is 5.75 Å². The van der Waals surface area contributed by atoms with E-state index in [4.69, 9.17) is 14.6 Å². The van der Waals surface area contributed by atoms with Gasteiger partial charge in [0.1, 0.15) is 16.3 Å². The molecule has 166 valence electrons. The van der Waals surface area contributed by atoms with Crippen molar-refractivity contribution in [2.75, 3.05) is 25.0 Å². The van der Waals surface area contributed by atoms with E-state index >= 15 is 0 Å². The number of para-hydroxylation sites is 1. The first-order valence-electron chi connectivity index (χ1n) is 9.72. The zero-order chi connectivity index (χ0) is 22.7. The van der Waals surface area contributed by atoms with Crippen LogP contribution in [-0.4, -0.2) is 54.6 Å². The molecule has 10 nitrogen and oxygen atoms in total. The molecule has 0 fully saturated rings. The second kappa shape index (κ2) is 8.81. The number of benzene rings is 1. The van der Waals surface area contributed by atoms with E-state index in [1.165, 1.54) is 10.0 Å². The van der Waals surface area contributed by atoms with E-state index in [-0.39, 0.29) is 29.6 Å². The highest BCUT2D eigenvalue weighted by atomic mass is 32.2. The lowest BCUT2D eigenvalue weighted by atomic mass is 10.0. The molecule has 0 radical (unpaired) electrons. The average Bonchev–Trinajstić information content (AvgIpc) is 3.20. The Labute approximate surface area is 183 Å². The van der Waals surface area contributed by atoms with Crippen molar-refractivity contribution in [2.24, 2.45) is 0 Å². The van der Waals surface area contributed by atoms with Crippen LogP contribution in [0.15, 0.2) is 53.7 Å². The largest absolute Gasteiger partial charge is 0.483 e. The number of carboxylic acid groups (broad SMARTS) is 1. The van der Waals surface area contributed by atoms with E-state index in [1.807, 2.05) is 0 Å². The van der Waals surface area contributed by atoms with Crippen molar-refractivity contribution < 1.29 is 27.9 Å². The van der Waals surface area contributed by atoms with Gasteiger partial charge in [0.05, 0.1) is 11.0 Å². The molecular formula is C21H20N4O6S. The van der Waals surface area contributed by atoms with E-state index in [9.17, 15) is 13.2 Å². The first kappa shape index (κ1) is 21.5. The van der Waals surface area contributed by atoms with Gasteiger partial charge in [-0.3, -0.25) is 14.6 Å². The molecule has 2 aliphatic rings. The van der Waals surface area contributed by atoms with Crippen LogP contribution in [0.1, 0.15) is 12.0 Å². The fourth-order valence-corrected chi connectivity index (χ4v) is 5.25. The zero-order valence-corrected chi connectivity index (χ0v) is 17.6. The van der Waals surface area contributed by atoms with Crippen molar-refractivity contribution in [3.05, 3.63) is 54.4 Å². The lowest BCUT2D eigenvalue weighted by Crippen LogP contribution is -2.27. The number of pyridine rings is 1. The topological polar surface area (TPSA) is 140 Å². The Morgan fingerprint density at radius 3 is 2.78 bits per heavy atom. The van der Waals surface area contributed by atoms with Crippen molar-refractivity contribution >= 4 is 44.7 Å². The van der Waals surface area contributed by atoms with Gasteiger partial charge in [-0.05, 0) is 42.8 Å². The number of nitrogens with zero attached hydrogens (tertiary/aromatic N) is 2. The molecule has 0 spiro atoms. The van der Waals surface area contributed by atoms with Gasteiger partial charge in [0, 0.05) is 24.5 Å². The number of hydrogen-bond donors (Lipinski definition) is 3. The van der Waals surface area contributed by atoms with Gasteiger partial charge < -0.3 is 20.5 Å². The molecule has 4 heterocycles. The van der Waals surface area contributed by atoms with Crippen molar-refractivity contribution in [3.63, 3.8) is 0 Å². The van der Waals surface area contributed by atoms with E-state index in [0.29, 0.717) is 16.8 Å². The molecule has 1 amide bonds. The highest BCUT2D eigenvalue weighted by molar-refractivity contribution is 7.90. The van der Waals surface area contributed by atoms with Crippen LogP contribution in [0.25, 0.3) is 16.6 Å². The van der Waals surface area contributed by atoms with Gasteiger partial charge in [-0.15, -0.1) is 0 Å². The molecule has 11 heteroatoms. The maximum absolute atomic E-state index is 13.6. The standard InChI is InChI=1S/C20H18N4O4S.CH2O2/c25-18-12-28-16-4-1-5-17(20(16)23-18)29(26,27)24-11-14(13-6-9-21-10-7-13)19-15(24)3-2-8-22-19;2-1-3/h1-6,8,11,21H,7,9-10,12H2,(H,23,25);1H,(H,2,3). The lowest BCUT2D eigenvalue weighted by Gasteiger charge is -2.20. The van der Waals surface area contributed by atoms with Gasteiger partial charge in [0.2, 0.25) is 0 Å². The van der Waals surface area contributed by atoms with Crippen LogP contribution in [0, 0.1) is 0 Å². The van der Waals surface area contributed by atoms with E-state index in [1.54, 1.807) is 36.7 Å². The number of carbonyl (C=O) groups is 2. The van der Waals surface area contributed by atoms with Gasteiger partial charge in [-0.25, -0.2) is 12.4 Å². The molecule has 5 rings (SSSR count). The quantitative estimate of drug-likeness (QED) is 0.506. The minimum absolute atomic E-state index is 0.0188. The van der Waals surface area contributed by atoms with Gasteiger partial charge >= 0.3 is 0 Å². The zero-order valence-electron chi connectivity index (χ0n) is 16.8. The number of ether oxygens (including phenoxy) is 1. The highest BCUT2D eigenvalue weighted by Gasteiger charge is 2.29. The summed E-state index contributed by atoms with van der Waals surface area (Å²) in [6, 6.07) is 8.14. The first-order valence-corrected chi connectivity index (χ1v) is 11.2. The maximum Gasteiger partial charge on any atom is 0.290 e. The van der Waals surface area contributed by atoms with Crippen LogP contribution in [0.2, 0.25) is 0 Å². The Morgan fingerprint density at radius 1 is 1.22 bits per heavy atom. The molecule has 2 aromatic heterocycles. The molecule has 0 saturated heterocycles. The summed E-state index contributed by atoms with van der Waals surface area (Å²) in [5, 5.41) is 12.8. The number of nitrogens with one attached hydrogen (secondary N) is 2. The van der Waals surface area contributed by atoms with Crippen molar-refractivity contribution in [3.8, 4) is 5.75 Å². The van der Waals surface area contributed by atoms with Crippen LogP contribution in [-0.2, 0) is 19.6 Å². The number of aromatic nitrogens is 2. The number of amides is 1. The SMILES string of the molecule is O=C1COc2cccc(S(=O)(=O)n3cc(C4=CCNCC4)c4ncccc43)c2N1.O=CO. The maximum atomic E-state index is 13.6. The average molecular weight is 456 g/mol. The molecular weight excluding hydrogens is 436 g/mol. The number of fused-ring (bicyclic) bond motifs is 2. The molecule has 0 atom stereocenters. The molecule has 0 aliphatic carbocycles. The molecule has 3 aromatic rings. The van der Waals surface area contributed by atoms with Gasteiger partial charge in [0.15, 0.2) is 6.61 Å². The summed E-state index contributed by atoms with van der Waals surface area (Å²) in [6.07, 6.45) is 6.13. The summed E-state index contributed by atoms with van der Waals surface area (Å²) in [5.74, 6) is -0.0544. The fraction of sp³-hybridized carbons (Fsp3) is 0.190. The third kappa shape index (κ3) is 3.83. The van der Waals surface area contributed by atoms with Crippen LogP contribution in [0.3, 0.4) is 0 Å². The summed E-state index contributed by atoms with van der Waals surface area (Å²) in [4.78, 5) is 24.6. The van der Waals surface area contributed by atoms with Crippen LogP contribution in [0.4, 0.5) is 5.69 Å². The molecule has 1 aromatic carbocycles.